The van der Waals surface area contributed by atoms with E-state index < -0.39 is 0 Å². The van der Waals surface area contributed by atoms with Crippen LogP contribution in [0.15, 0.2) is 18.3 Å². The van der Waals surface area contributed by atoms with Gasteiger partial charge in [-0.3, -0.25) is 0 Å². The molecule has 0 radical (unpaired) electrons. The van der Waals surface area contributed by atoms with E-state index in [-0.39, 0.29) is 0 Å². The number of aryl methyl sites for hydroxylation is 2. The van der Waals surface area contributed by atoms with Crippen LogP contribution in [-0.2, 0) is 7.05 Å². The van der Waals surface area contributed by atoms with Crippen LogP contribution in [0.3, 0.4) is 0 Å². The van der Waals surface area contributed by atoms with Crippen molar-refractivity contribution in [1.82, 2.24) is 0 Å². The zero-order valence-corrected chi connectivity index (χ0v) is 8.18. The minimum atomic E-state index is 1.33. The molecule has 0 aliphatic carbocycles. The van der Waals surface area contributed by atoms with Crippen molar-refractivity contribution in [3.8, 4) is 0 Å². The Morgan fingerprint density at radius 3 is 2.09 bits per heavy atom. The van der Waals surface area contributed by atoms with Gasteiger partial charge in [0, 0.05) is 18.6 Å². The molecule has 0 fully saturated rings. The predicted octanol–water partition coefficient (Wildman–Crippen LogP) is 2.15. The van der Waals surface area contributed by atoms with E-state index in [0.717, 1.165) is 0 Å². The zero-order valence-electron chi connectivity index (χ0n) is 8.18. The van der Waals surface area contributed by atoms with Crippen LogP contribution in [0.25, 0.3) is 0 Å². The van der Waals surface area contributed by atoms with E-state index in [1.165, 1.54) is 11.3 Å². The number of aromatic nitrogens is 1. The van der Waals surface area contributed by atoms with Crippen molar-refractivity contribution < 1.29 is 4.57 Å². The molecular weight excluding hydrogens is 134 g/mol. The maximum absolute atomic E-state index is 2.12. The normalized spacial score (nSPS) is 8.45. The minimum absolute atomic E-state index is 1.33. The fourth-order valence-corrected chi connectivity index (χ4v) is 0.827. The van der Waals surface area contributed by atoms with E-state index in [1.807, 2.05) is 13.8 Å². The van der Waals surface area contributed by atoms with Crippen LogP contribution in [0.5, 0.6) is 0 Å². The van der Waals surface area contributed by atoms with Gasteiger partial charge in [0.25, 0.3) is 0 Å². The number of hydrogen-bond donors (Lipinski definition) is 0. The third-order valence-corrected chi connectivity index (χ3v) is 1.76. The second kappa shape index (κ2) is 4.89. The van der Waals surface area contributed by atoms with Crippen LogP contribution in [0.4, 0.5) is 0 Å². The Labute approximate surface area is 69.7 Å². The number of rotatable bonds is 0. The first-order valence-electron chi connectivity index (χ1n) is 4.13. The second-order valence-corrected chi connectivity index (χ2v) is 2.39. The largest absolute Gasteiger partial charge is 0.205 e. The molecule has 0 unspecified atom stereocenters. The number of nitrogens with zero attached hydrogens (tertiary/aromatic N) is 1. The van der Waals surface area contributed by atoms with Gasteiger partial charge in [-0.15, -0.1) is 0 Å². The summed E-state index contributed by atoms with van der Waals surface area (Å²) in [7, 11) is 2.06. The SMILES string of the molecule is CC.Cc1ccc[n+](C)c1C. The minimum Gasteiger partial charge on any atom is -0.205 e. The summed E-state index contributed by atoms with van der Waals surface area (Å²) >= 11 is 0. The predicted molar refractivity (Wildman–Crippen MR) is 48.4 cm³/mol. The maximum Gasteiger partial charge on any atom is 0.180 e. The molecule has 62 valence electrons. The molecule has 1 heteroatoms. The number of hydrogen-bond acceptors (Lipinski definition) is 0. The van der Waals surface area contributed by atoms with Crippen molar-refractivity contribution in [2.24, 2.45) is 7.05 Å². The zero-order chi connectivity index (χ0) is 8.85. The Hall–Kier alpha value is -0.850. The lowest BCUT2D eigenvalue weighted by Gasteiger charge is -1.94. The van der Waals surface area contributed by atoms with Gasteiger partial charge in [-0.2, -0.15) is 0 Å². The van der Waals surface area contributed by atoms with E-state index in [1.54, 1.807) is 0 Å². The summed E-state index contributed by atoms with van der Waals surface area (Å²) in [5, 5.41) is 0. The molecule has 1 aromatic rings. The van der Waals surface area contributed by atoms with Crippen LogP contribution in [0, 0.1) is 13.8 Å². The van der Waals surface area contributed by atoms with E-state index in [4.69, 9.17) is 0 Å². The molecule has 0 saturated carbocycles. The summed E-state index contributed by atoms with van der Waals surface area (Å²) in [4.78, 5) is 0. The third kappa shape index (κ3) is 2.71. The number of pyridine rings is 1. The molecule has 1 rings (SSSR count). The van der Waals surface area contributed by atoms with Crippen LogP contribution >= 0.6 is 0 Å². The van der Waals surface area contributed by atoms with Gasteiger partial charge in [0.1, 0.15) is 7.05 Å². The van der Waals surface area contributed by atoms with Crippen LogP contribution in [0.1, 0.15) is 25.1 Å². The fourth-order valence-electron chi connectivity index (χ4n) is 0.827. The maximum atomic E-state index is 2.12. The lowest BCUT2D eigenvalue weighted by atomic mass is 10.2. The Morgan fingerprint density at radius 2 is 1.73 bits per heavy atom. The molecule has 0 amide bonds. The summed E-state index contributed by atoms with van der Waals surface area (Å²) < 4.78 is 2.12. The van der Waals surface area contributed by atoms with Gasteiger partial charge in [0.05, 0.1) is 0 Å². The van der Waals surface area contributed by atoms with Crippen molar-refractivity contribution in [3.05, 3.63) is 29.6 Å². The molecule has 0 aliphatic heterocycles. The van der Waals surface area contributed by atoms with E-state index in [0.29, 0.717) is 0 Å². The van der Waals surface area contributed by atoms with E-state index in [9.17, 15) is 0 Å². The quantitative estimate of drug-likeness (QED) is 0.501. The monoisotopic (exact) mass is 152 g/mol. The first kappa shape index (κ1) is 10.2. The molecular formula is C10H18N+. The van der Waals surface area contributed by atoms with E-state index >= 15 is 0 Å². The molecule has 0 saturated heterocycles. The molecule has 1 heterocycles. The molecule has 0 atom stereocenters. The molecule has 0 N–H and O–H groups in total. The highest BCUT2D eigenvalue weighted by molar-refractivity contribution is 5.10. The summed E-state index contributed by atoms with van der Waals surface area (Å²) in [6.07, 6.45) is 2.06. The lowest BCUT2D eigenvalue weighted by Crippen LogP contribution is -2.31. The molecule has 1 aromatic heterocycles. The average molecular weight is 152 g/mol. The lowest BCUT2D eigenvalue weighted by molar-refractivity contribution is -0.678. The standard InChI is InChI=1S/C8H12N.C2H6/c1-7-5-4-6-9(3)8(7)2;1-2/h4-6H,1-3H3;1-2H3/q+1;. The van der Waals surface area contributed by atoms with Crippen molar-refractivity contribution >= 4 is 0 Å². The molecule has 0 aromatic carbocycles. The van der Waals surface area contributed by atoms with Gasteiger partial charge in [0.15, 0.2) is 11.9 Å². The highest BCUT2D eigenvalue weighted by Crippen LogP contribution is 1.96. The first-order chi connectivity index (χ1) is 5.22. The van der Waals surface area contributed by atoms with Gasteiger partial charge in [0.2, 0.25) is 0 Å². The highest BCUT2D eigenvalue weighted by Gasteiger charge is 1.99. The fraction of sp³-hybridized carbons (Fsp3) is 0.500. The Balaban J connectivity index is 0.000000461. The molecule has 0 bridgehead atoms. The van der Waals surface area contributed by atoms with Crippen molar-refractivity contribution in [3.63, 3.8) is 0 Å². The smallest absolute Gasteiger partial charge is 0.180 e. The summed E-state index contributed by atoms with van der Waals surface area (Å²) in [6, 6.07) is 4.18. The van der Waals surface area contributed by atoms with Crippen LogP contribution in [0.2, 0.25) is 0 Å². The Kier molecular flexibility index (Phi) is 4.51. The topological polar surface area (TPSA) is 3.88 Å². The first-order valence-corrected chi connectivity index (χ1v) is 4.13. The molecule has 1 nitrogen and oxygen atoms in total. The molecule has 0 aliphatic rings. The van der Waals surface area contributed by atoms with Crippen molar-refractivity contribution in [2.45, 2.75) is 27.7 Å². The molecule has 0 spiro atoms. The van der Waals surface area contributed by atoms with Crippen molar-refractivity contribution in [2.75, 3.05) is 0 Å². The average Bonchev–Trinajstić information content (AvgIpc) is 2.04. The second-order valence-electron chi connectivity index (χ2n) is 2.39. The summed E-state index contributed by atoms with van der Waals surface area (Å²) in [5.74, 6) is 0. The van der Waals surface area contributed by atoms with Crippen LogP contribution in [-0.4, -0.2) is 0 Å². The van der Waals surface area contributed by atoms with Gasteiger partial charge in [-0.1, -0.05) is 13.8 Å². The van der Waals surface area contributed by atoms with E-state index in [2.05, 4.69) is 43.8 Å². The van der Waals surface area contributed by atoms with Crippen LogP contribution < -0.4 is 4.57 Å². The van der Waals surface area contributed by atoms with Gasteiger partial charge in [-0.05, 0) is 13.0 Å². The Bertz CT molecular complexity index is 196. The highest BCUT2D eigenvalue weighted by atomic mass is 14.9. The molecule has 11 heavy (non-hydrogen) atoms. The van der Waals surface area contributed by atoms with Gasteiger partial charge < -0.3 is 0 Å². The third-order valence-electron chi connectivity index (χ3n) is 1.76. The van der Waals surface area contributed by atoms with Gasteiger partial charge >= 0.3 is 0 Å². The Morgan fingerprint density at radius 1 is 1.18 bits per heavy atom. The summed E-state index contributed by atoms with van der Waals surface area (Å²) in [5.41, 5.74) is 2.68. The summed E-state index contributed by atoms with van der Waals surface area (Å²) in [6.45, 7) is 8.24. The van der Waals surface area contributed by atoms with Crippen molar-refractivity contribution in [1.29, 1.82) is 0 Å². The van der Waals surface area contributed by atoms with Gasteiger partial charge in [-0.25, -0.2) is 4.57 Å².